The van der Waals surface area contributed by atoms with Gasteiger partial charge in [0, 0.05) is 32.0 Å². The first kappa shape index (κ1) is 16.1. The Morgan fingerprint density at radius 2 is 1.92 bits per heavy atom. The van der Waals surface area contributed by atoms with Crippen molar-refractivity contribution in [3.63, 3.8) is 0 Å². The number of amides is 1. The van der Waals surface area contributed by atoms with Gasteiger partial charge in [-0.2, -0.15) is 0 Å². The van der Waals surface area contributed by atoms with Crippen molar-refractivity contribution in [1.82, 2.24) is 10.2 Å². The van der Waals surface area contributed by atoms with E-state index in [2.05, 4.69) is 27.7 Å². The summed E-state index contributed by atoms with van der Waals surface area (Å²) in [6.07, 6.45) is 3.98. The van der Waals surface area contributed by atoms with Gasteiger partial charge in [0.05, 0.1) is 0 Å². The molecule has 0 unspecified atom stereocenters. The maximum Gasteiger partial charge on any atom is 0.245 e. The molecule has 0 radical (unpaired) electrons. The number of hydrogen-bond acceptors (Lipinski definition) is 4. The summed E-state index contributed by atoms with van der Waals surface area (Å²) >= 11 is 0. The summed E-state index contributed by atoms with van der Waals surface area (Å²) in [6, 6.07) is 8.24. The number of para-hydroxylation sites is 1. The summed E-state index contributed by atoms with van der Waals surface area (Å²) in [5.74, 6) is 0.810. The lowest BCUT2D eigenvalue weighted by molar-refractivity contribution is -0.131. The van der Waals surface area contributed by atoms with Gasteiger partial charge in [-0.15, -0.1) is 0 Å². The Kier molecular flexibility index (Phi) is 4.57. The Morgan fingerprint density at radius 1 is 1.17 bits per heavy atom. The predicted octanol–water partition coefficient (Wildman–Crippen LogP) is 1.99. The standard InChI is InChI=1S/C19H27N3O2/c23-18-19(7-9-20-10-8-19)22(13-15-5-11-24-12-6-15)14-16-3-1-2-4-17(16)21-18/h1-4,15,20H,5-14H2,(H,21,23). The Labute approximate surface area is 143 Å². The maximum absolute atomic E-state index is 13.2. The summed E-state index contributed by atoms with van der Waals surface area (Å²) < 4.78 is 5.52. The van der Waals surface area contributed by atoms with Gasteiger partial charge >= 0.3 is 0 Å². The first-order valence-electron chi connectivity index (χ1n) is 9.21. The lowest BCUT2D eigenvalue weighted by Crippen LogP contribution is -2.61. The zero-order chi connectivity index (χ0) is 16.4. The minimum Gasteiger partial charge on any atom is -0.381 e. The third-order valence-electron chi connectivity index (χ3n) is 5.90. The Morgan fingerprint density at radius 3 is 2.71 bits per heavy atom. The summed E-state index contributed by atoms with van der Waals surface area (Å²) in [5, 5.41) is 6.63. The number of rotatable bonds is 2. The Hall–Kier alpha value is -1.43. The van der Waals surface area contributed by atoms with E-state index in [1.807, 2.05) is 12.1 Å². The van der Waals surface area contributed by atoms with Crippen LogP contribution in [0.15, 0.2) is 24.3 Å². The summed E-state index contributed by atoms with van der Waals surface area (Å²) in [5.41, 5.74) is 1.84. The molecule has 0 aliphatic carbocycles. The lowest BCUT2D eigenvalue weighted by Gasteiger charge is -2.45. The monoisotopic (exact) mass is 329 g/mol. The van der Waals surface area contributed by atoms with Crippen molar-refractivity contribution < 1.29 is 9.53 Å². The normalized spacial score (nSPS) is 25.1. The van der Waals surface area contributed by atoms with Gasteiger partial charge < -0.3 is 15.4 Å². The fraction of sp³-hybridized carbons (Fsp3) is 0.632. The molecule has 3 aliphatic heterocycles. The fourth-order valence-electron chi connectivity index (χ4n) is 4.38. The maximum atomic E-state index is 13.2. The van der Waals surface area contributed by atoms with Gasteiger partial charge in [-0.25, -0.2) is 0 Å². The van der Waals surface area contributed by atoms with E-state index in [1.54, 1.807) is 0 Å². The summed E-state index contributed by atoms with van der Waals surface area (Å²) in [7, 11) is 0. The fourth-order valence-corrected chi connectivity index (χ4v) is 4.38. The Bertz CT molecular complexity index is 592. The number of carbonyl (C=O) groups is 1. The van der Waals surface area contributed by atoms with Gasteiger partial charge in [0.25, 0.3) is 0 Å². The molecule has 3 aliphatic rings. The molecule has 0 saturated carbocycles. The minimum absolute atomic E-state index is 0.181. The quantitative estimate of drug-likeness (QED) is 0.871. The molecule has 4 rings (SSSR count). The van der Waals surface area contributed by atoms with Gasteiger partial charge in [-0.05, 0) is 56.3 Å². The molecule has 0 aromatic heterocycles. The van der Waals surface area contributed by atoms with Gasteiger partial charge in [-0.3, -0.25) is 9.69 Å². The highest BCUT2D eigenvalue weighted by molar-refractivity contribution is 5.99. The van der Waals surface area contributed by atoms with Crippen LogP contribution in [-0.4, -0.2) is 49.2 Å². The number of ether oxygens (including phenoxy) is 1. The molecule has 5 nitrogen and oxygen atoms in total. The second kappa shape index (κ2) is 6.82. The van der Waals surface area contributed by atoms with Crippen LogP contribution >= 0.6 is 0 Å². The molecule has 2 N–H and O–H groups in total. The molecule has 1 aromatic rings. The van der Waals surface area contributed by atoms with Crippen LogP contribution < -0.4 is 10.6 Å². The number of anilines is 1. The molecule has 0 bridgehead atoms. The lowest BCUT2D eigenvalue weighted by atomic mass is 9.84. The number of benzene rings is 1. The van der Waals surface area contributed by atoms with Crippen LogP contribution in [0.4, 0.5) is 5.69 Å². The number of carbonyl (C=O) groups excluding carboxylic acids is 1. The molecular weight excluding hydrogens is 302 g/mol. The van der Waals surface area contributed by atoms with Crippen LogP contribution in [0.25, 0.3) is 0 Å². The first-order valence-corrected chi connectivity index (χ1v) is 9.21. The number of hydrogen-bond donors (Lipinski definition) is 2. The third kappa shape index (κ3) is 2.96. The van der Waals surface area contributed by atoms with Crippen LogP contribution in [0.3, 0.4) is 0 Å². The SMILES string of the molecule is O=C1Nc2ccccc2CN(CC2CCOCC2)C12CCNCC2. The van der Waals surface area contributed by atoms with E-state index in [9.17, 15) is 4.79 Å². The highest BCUT2D eigenvalue weighted by Crippen LogP contribution is 2.36. The molecular formula is C19H27N3O2. The van der Waals surface area contributed by atoms with E-state index >= 15 is 0 Å². The molecule has 2 fully saturated rings. The van der Waals surface area contributed by atoms with Gasteiger partial charge in [-0.1, -0.05) is 18.2 Å². The van der Waals surface area contributed by atoms with Crippen molar-refractivity contribution in [3.05, 3.63) is 29.8 Å². The summed E-state index contributed by atoms with van der Waals surface area (Å²) in [4.78, 5) is 15.7. The van der Waals surface area contributed by atoms with E-state index < -0.39 is 0 Å². The van der Waals surface area contributed by atoms with Crippen molar-refractivity contribution in [1.29, 1.82) is 0 Å². The zero-order valence-electron chi connectivity index (χ0n) is 14.2. The molecule has 5 heteroatoms. The van der Waals surface area contributed by atoms with Crippen molar-refractivity contribution in [2.45, 2.75) is 37.8 Å². The molecule has 24 heavy (non-hydrogen) atoms. The molecule has 3 heterocycles. The van der Waals surface area contributed by atoms with Crippen molar-refractivity contribution >= 4 is 11.6 Å². The molecule has 1 amide bonds. The minimum atomic E-state index is -0.372. The van der Waals surface area contributed by atoms with Gasteiger partial charge in [0.2, 0.25) is 5.91 Å². The van der Waals surface area contributed by atoms with Crippen LogP contribution in [0.2, 0.25) is 0 Å². The zero-order valence-corrected chi connectivity index (χ0v) is 14.2. The van der Waals surface area contributed by atoms with Gasteiger partial charge in [0.15, 0.2) is 0 Å². The molecule has 0 atom stereocenters. The first-order chi connectivity index (χ1) is 11.8. The van der Waals surface area contributed by atoms with Crippen LogP contribution in [0.1, 0.15) is 31.2 Å². The highest BCUT2D eigenvalue weighted by Gasteiger charge is 2.47. The third-order valence-corrected chi connectivity index (χ3v) is 5.90. The van der Waals surface area contributed by atoms with E-state index in [0.717, 1.165) is 70.8 Å². The molecule has 2 saturated heterocycles. The average molecular weight is 329 g/mol. The largest absolute Gasteiger partial charge is 0.381 e. The van der Waals surface area contributed by atoms with E-state index in [0.29, 0.717) is 5.92 Å². The van der Waals surface area contributed by atoms with Crippen molar-refractivity contribution in [2.24, 2.45) is 5.92 Å². The number of nitrogens with zero attached hydrogens (tertiary/aromatic N) is 1. The predicted molar refractivity (Wildman–Crippen MR) is 93.9 cm³/mol. The van der Waals surface area contributed by atoms with Crippen LogP contribution in [0.5, 0.6) is 0 Å². The smallest absolute Gasteiger partial charge is 0.245 e. The van der Waals surface area contributed by atoms with E-state index in [-0.39, 0.29) is 11.4 Å². The van der Waals surface area contributed by atoms with Crippen LogP contribution in [0, 0.1) is 5.92 Å². The highest BCUT2D eigenvalue weighted by atomic mass is 16.5. The average Bonchev–Trinajstić information content (AvgIpc) is 2.73. The van der Waals surface area contributed by atoms with Crippen molar-refractivity contribution in [2.75, 3.05) is 38.2 Å². The molecule has 1 aromatic carbocycles. The molecule has 1 spiro atoms. The number of piperidine rings is 1. The van der Waals surface area contributed by atoms with Crippen LogP contribution in [-0.2, 0) is 16.1 Å². The van der Waals surface area contributed by atoms with Crippen molar-refractivity contribution in [3.8, 4) is 0 Å². The summed E-state index contributed by atoms with van der Waals surface area (Å²) in [6.45, 7) is 5.38. The second-order valence-corrected chi connectivity index (χ2v) is 7.33. The number of fused-ring (bicyclic) bond motifs is 1. The topological polar surface area (TPSA) is 53.6 Å². The number of nitrogens with one attached hydrogen (secondary N) is 2. The van der Waals surface area contributed by atoms with E-state index in [1.165, 1.54) is 5.56 Å². The Balaban J connectivity index is 1.65. The molecule has 130 valence electrons. The van der Waals surface area contributed by atoms with E-state index in [4.69, 9.17) is 4.74 Å². The second-order valence-electron chi connectivity index (χ2n) is 7.33. The van der Waals surface area contributed by atoms with Gasteiger partial charge in [0.1, 0.15) is 5.54 Å².